The molecule has 0 amide bonds. The zero-order chi connectivity index (χ0) is 9.68. The van der Waals surface area contributed by atoms with Crippen LogP contribution >= 0.6 is 0 Å². The van der Waals surface area contributed by atoms with E-state index in [0.29, 0.717) is 12.3 Å². The number of nitrogens with two attached hydrogens (primary N) is 1. The predicted octanol–water partition coefficient (Wildman–Crippen LogP) is -0.170. The third kappa shape index (κ3) is 3.32. The maximum Gasteiger partial charge on any atom is 0.306 e. The number of rotatable bonds is 4. The van der Waals surface area contributed by atoms with Gasteiger partial charge in [-0.25, -0.2) is 0 Å². The standard InChI is InChI=1S/C9H18N2O2/c1-13-9(12)3-5-11-4-2-8(6-10)7-11/h8H,2-7,10H2,1H3. The van der Waals surface area contributed by atoms with Crippen molar-refractivity contribution in [3.05, 3.63) is 0 Å². The quantitative estimate of drug-likeness (QED) is 0.619. The number of ether oxygens (including phenoxy) is 1. The molecular weight excluding hydrogens is 168 g/mol. The smallest absolute Gasteiger partial charge is 0.306 e. The van der Waals surface area contributed by atoms with Gasteiger partial charge >= 0.3 is 5.97 Å². The molecular formula is C9H18N2O2. The minimum atomic E-state index is -0.129. The summed E-state index contributed by atoms with van der Waals surface area (Å²) in [5, 5.41) is 0. The van der Waals surface area contributed by atoms with Gasteiger partial charge in [0.2, 0.25) is 0 Å². The van der Waals surface area contributed by atoms with E-state index in [1.54, 1.807) is 0 Å². The third-order valence-electron chi connectivity index (χ3n) is 2.56. The van der Waals surface area contributed by atoms with Crippen molar-refractivity contribution in [2.24, 2.45) is 11.7 Å². The highest BCUT2D eigenvalue weighted by molar-refractivity contribution is 5.69. The molecule has 4 heteroatoms. The molecule has 1 atom stereocenters. The highest BCUT2D eigenvalue weighted by atomic mass is 16.5. The summed E-state index contributed by atoms with van der Waals surface area (Å²) in [5.41, 5.74) is 5.56. The topological polar surface area (TPSA) is 55.6 Å². The van der Waals surface area contributed by atoms with E-state index in [1.807, 2.05) is 0 Å². The van der Waals surface area contributed by atoms with Crippen molar-refractivity contribution in [3.8, 4) is 0 Å². The van der Waals surface area contributed by atoms with Crippen LogP contribution < -0.4 is 5.73 Å². The van der Waals surface area contributed by atoms with Crippen LogP contribution in [0.25, 0.3) is 0 Å². The molecule has 0 aliphatic carbocycles. The first-order valence-corrected chi connectivity index (χ1v) is 4.75. The first kappa shape index (κ1) is 10.5. The molecule has 0 spiro atoms. The molecule has 13 heavy (non-hydrogen) atoms. The number of hydrogen-bond donors (Lipinski definition) is 1. The van der Waals surface area contributed by atoms with E-state index in [-0.39, 0.29) is 5.97 Å². The summed E-state index contributed by atoms with van der Waals surface area (Å²) in [5.74, 6) is 0.494. The van der Waals surface area contributed by atoms with Crippen molar-refractivity contribution in [2.75, 3.05) is 33.3 Å². The summed E-state index contributed by atoms with van der Waals surface area (Å²) in [6.45, 7) is 3.67. The van der Waals surface area contributed by atoms with Crippen LogP contribution in [-0.2, 0) is 9.53 Å². The van der Waals surface area contributed by atoms with Gasteiger partial charge in [-0.05, 0) is 25.4 Å². The average Bonchev–Trinajstić information content (AvgIpc) is 2.61. The summed E-state index contributed by atoms with van der Waals surface area (Å²) < 4.78 is 4.57. The van der Waals surface area contributed by atoms with E-state index in [0.717, 1.165) is 32.6 Å². The van der Waals surface area contributed by atoms with Crippen LogP contribution in [0.5, 0.6) is 0 Å². The number of likely N-dealkylation sites (tertiary alicyclic amines) is 1. The summed E-state index contributed by atoms with van der Waals surface area (Å²) in [6.07, 6.45) is 1.66. The van der Waals surface area contributed by atoms with Gasteiger partial charge in [0, 0.05) is 13.1 Å². The molecule has 0 aromatic rings. The molecule has 1 unspecified atom stereocenters. The minimum absolute atomic E-state index is 0.129. The zero-order valence-corrected chi connectivity index (χ0v) is 8.16. The molecule has 0 radical (unpaired) electrons. The fourth-order valence-corrected chi connectivity index (χ4v) is 1.66. The molecule has 2 N–H and O–H groups in total. The SMILES string of the molecule is COC(=O)CCN1CCC(CN)C1. The van der Waals surface area contributed by atoms with Crippen molar-refractivity contribution in [1.82, 2.24) is 4.90 Å². The Morgan fingerprint density at radius 3 is 3.00 bits per heavy atom. The number of nitrogens with zero attached hydrogens (tertiary/aromatic N) is 1. The third-order valence-corrected chi connectivity index (χ3v) is 2.56. The van der Waals surface area contributed by atoms with Gasteiger partial charge in [0.1, 0.15) is 0 Å². The molecule has 1 aliphatic rings. The van der Waals surface area contributed by atoms with Gasteiger partial charge < -0.3 is 15.4 Å². The highest BCUT2D eigenvalue weighted by Gasteiger charge is 2.21. The molecule has 4 nitrogen and oxygen atoms in total. The Labute approximate surface area is 79.0 Å². The Kier molecular flexibility index (Phi) is 4.18. The lowest BCUT2D eigenvalue weighted by molar-refractivity contribution is -0.140. The molecule has 1 heterocycles. The van der Waals surface area contributed by atoms with Crippen LogP contribution in [-0.4, -0.2) is 44.2 Å². The molecule has 1 rings (SSSR count). The number of hydrogen-bond acceptors (Lipinski definition) is 4. The van der Waals surface area contributed by atoms with Gasteiger partial charge in [-0.15, -0.1) is 0 Å². The van der Waals surface area contributed by atoms with E-state index in [1.165, 1.54) is 7.11 Å². The second-order valence-corrected chi connectivity index (χ2v) is 3.52. The van der Waals surface area contributed by atoms with Crippen molar-refractivity contribution < 1.29 is 9.53 Å². The second-order valence-electron chi connectivity index (χ2n) is 3.52. The van der Waals surface area contributed by atoms with E-state index in [2.05, 4.69) is 9.64 Å². The molecule has 76 valence electrons. The van der Waals surface area contributed by atoms with E-state index in [4.69, 9.17) is 5.73 Å². The van der Waals surface area contributed by atoms with Crippen LogP contribution in [0.4, 0.5) is 0 Å². The van der Waals surface area contributed by atoms with Crippen molar-refractivity contribution in [3.63, 3.8) is 0 Å². The largest absolute Gasteiger partial charge is 0.469 e. The number of esters is 1. The molecule has 0 aromatic heterocycles. The van der Waals surface area contributed by atoms with Gasteiger partial charge in [-0.1, -0.05) is 0 Å². The zero-order valence-electron chi connectivity index (χ0n) is 8.16. The maximum absolute atomic E-state index is 10.8. The van der Waals surface area contributed by atoms with Crippen LogP contribution in [0.2, 0.25) is 0 Å². The lowest BCUT2D eigenvalue weighted by Crippen LogP contribution is -2.25. The lowest BCUT2D eigenvalue weighted by atomic mass is 10.1. The van der Waals surface area contributed by atoms with Crippen LogP contribution in [0.15, 0.2) is 0 Å². The predicted molar refractivity (Wildman–Crippen MR) is 50.2 cm³/mol. The monoisotopic (exact) mass is 186 g/mol. The van der Waals surface area contributed by atoms with E-state index < -0.39 is 0 Å². The van der Waals surface area contributed by atoms with Gasteiger partial charge in [0.25, 0.3) is 0 Å². The van der Waals surface area contributed by atoms with Crippen molar-refractivity contribution in [1.29, 1.82) is 0 Å². The van der Waals surface area contributed by atoms with Gasteiger partial charge in [0.15, 0.2) is 0 Å². The Hall–Kier alpha value is -0.610. The van der Waals surface area contributed by atoms with Gasteiger partial charge in [0.05, 0.1) is 13.5 Å². The Bertz CT molecular complexity index is 173. The fraction of sp³-hybridized carbons (Fsp3) is 0.889. The average molecular weight is 186 g/mol. The summed E-state index contributed by atoms with van der Waals surface area (Å²) in [4.78, 5) is 13.1. The molecule has 1 aliphatic heterocycles. The van der Waals surface area contributed by atoms with Gasteiger partial charge in [-0.2, -0.15) is 0 Å². The molecule has 1 saturated heterocycles. The van der Waals surface area contributed by atoms with Crippen LogP contribution in [0, 0.1) is 5.92 Å². The summed E-state index contributed by atoms with van der Waals surface area (Å²) in [7, 11) is 1.43. The Balaban J connectivity index is 2.13. The Morgan fingerprint density at radius 2 is 2.46 bits per heavy atom. The van der Waals surface area contributed by atoms with Crippen LogP contribution in [0.1, 0.15) is 12.8 Å². The molecule has 0 bridgehead atoms. The second kappa shape index (κ2) is 5.19. The maximum atomic E-state index is 10.8. The minimum Gasteiger partial charge on any atom is -0.469 e. The van der Waals surface area contributed by atoms with Gasteiger partial charge in [-0.3, -0.25) is 4.79 Å². The first-order valence-electron chi connectivity index (χ1n) is 4.75. The van der Waals surface area contributed by atoms with E-state index >= 15 is 0 Å². The summed E-state index contributed by atoms with van der Waals surface area (Å²) in [6, 6.07) is 0. The number of carbonyl (C=O) groups is 1. The normalized spacial score (nSPS) is 23.4. The molecule has 0 saturated carbocycles. The number of methoxy groups -OCH3 is 1. The molecule has 0 aromatic carbocycles. The van der Waals surface area contributed by atoms with Crippen molar-refractivity contribution >= 4 is 5.97 Å². The first-order chi connectivity index (χ1) is 6.26. The van der Waals surface area contributed by atoms with Crippen molar-refractivity contribution in [2.45, 2.75) is 12.8 Å². The summed E-state index contributed by atoms with van der Waals surface area (Å²) >= 11 is 0. The van der Waals surface area contributed by atoms with Crippen LogP contribution in [0.3, 0.4) is 0 Å². The number of carbonyl (C=O) groups excluding carboxylic acids is 1. The van der Waals surface area contributed by atoms with E-state index in [9.17, 15) is 4.79 Å². The Morgan fingerprint density at radius 1 is 1.69 bits per heavy atom. The lowest BCUT2D eigenvalue weighted by Gasteiger charge is -2.14. The fourth-order valence-electron chi connectivity index (χ4n) is 1.66. The molecule has 1 fully saturated rings. The highest BCUT2D eigenvalue weighted by Crippen LogP contribution is 2.14.